The summed E-state index contributed by atoms with van der Waals surface area (Å²) in [6.07, 6.45) is -15.9. The largest absolute Gasteiger partial charge is 0.394 e. The number of aliphatic hydroxyl groups excluding tert-OH is 11. The van der Waals surface area contributed by atoms with E-state index in [9.17, 15) is 61.0 Å². The van der Waals surface area contributed by atoms with E-state index in [0.717, 1.165) is 38.5 Å². The van der Waals surface area contributed by atoms with Crippen molar-refractivity contribution in [3.8, 4) is 0 Å². The second kappa shape index (κ2) is 23.7. The first-order chi connectivity index (χ1) is 25.8. The predicted octanol–water partition coefficient (Wildman–Crippen LogP) is -3.60. The van der Waals surface area contributed by atoms with Gasteiger partial charge in [0, 0.05) is 6.42 Å². The molecule has 17 atom stereocenters. The SMILES string of the molecule is CCCC/C=C/C(O)C(COC1OC(CO)C(OC2OC(CO)C(OC3OC(CO)C(O)C(O)C3O)C(O)C2O)C(O)C1O)NC(=O)CCCCCCC. The predicted molar refractivity (Wildman–Crippen MR) is 185 cm³/mol. The summed E-state index contributed by atoms with van der Waals surface area (Å²) >= 11 is 0. The Balaban J connectivity index is 1.65. The summed E-state index contributed by atoms with van der Waals surface area (Å²) in [6.45, 7) is 1.35. The van der Waals surface area contributed by atoms with Gasteiger partial charge in [-0.3, -0.25) is 4.79 Å². The van der Waals surface area contributed by atoms with Crippen LogP contribution in [-0.2, 0) is 33.2 Å². The number of allylic oxidation sites excluding steroid dienone is 1. The second-order valence-corrected chi connectivity index (χ2v) is 14.0. The van der Waals surface area contributed by atoms with Crippen molar-refractivity contribution in [2.75, 3.05) is 26.4 Å². The molecule has 0 spiro atoms. The van der Waals surface area contributed by atoms with E-state index < -0.39 is 124 Å². The molecule has 3 heterocycles. The standard InChI is InChI=1S/C35H63NO18/c1-3-5-7-9-11-13-23(41)36-18(19(40)12-10-8-6-4-2)17-49-33-29(47)26(44)31(21(15-38)51-33)54-35-30(48)27(45)32(22(16-39)52-35)53-34-28(46)25(43)24(42)20(14-37)50-34/h10,12,18-22,24-35,37-40,42-48H,3-9,11,13-17H2,1-2H3,(H,36,41)/b12-10+. The Hall–Kier alpha value is -1.47. The van der Waals surface area contributed by atoms with Crippen LogP contribution in [0.3, 0.4) is 0 Å². The normalized spacial score (nSPS) is 38.7. The lowest BCUT2D eigenvalue weighted by Crippen LogP contribution is -2.66. The van der Waals surface area contributed by atoms with E-state index in [0.29, 0.717) is 12.8 Å². The lowest BCUT2D eigenvalue weighted by molar-refractivity contribution is -0.379. The van der Waals surface area contributed by atoms with E-state index in [1.54, 1.807) is 12.2 Å². The van der Waals surface area contributed by atoms with Gasteiger partial charge >= 0.3 is 0 Å². The number of unbranched alkanes of at least 4 members (excludes halogenated alkanes) is 6. The minimum atomic E-state index is -1.97. The fourth-order valence-corrected chi connectivity index (χ4v) is 6.46. The van der Waals surface area contributed by atoms with Crippen molar-refractivity contribution in [3.05, 3.63) is 12.2 Å². The van der Waals surface area contributed by atoms with Crippen LogP contribution in [0.5, 0.6) is 0 Å². The van der Waals surface area contributed by atoms with E-state index in [4.69, 9.17) is 28.4 Å². The maximum Gasteiger partial charge on any atom is 0.220 e. The molecule has 17 unspecified atom stereocenters. The summed E-state index contributed by atoms with van der Waals surface area (Å²) in [7, 11) is 0. The minimum Gasteiger partial charge on any atom is -0.394 e. The summed E-state index contributed by atoms with van der Waals surface area (Å²) < 4.78 is 33.6. The van der Waals surface area contributed by atoms with Crippen molar-refractivity contribution in [2.45, 2.75) is 176 Å². The monoisotopic (exact) mass is 785 g/mol. The fourth-order valence-electron chi connectivity index (χ4n) is 6.46. The molecule has 3 aliphatic heterocycles. The van der Waals surface area contributed by atoms with Gasteiger partial charge < -0.3 is 89.9 Å². The number of rotatable bonds is 22. The molecule has 0 saturated carbocycles. The Morgan fingerprint density at radius 1 is 0.648 bits per heavy atom. The molecule has 0 radical (unpaired) electrons. The van der Waals surface area contributed by atoms with Crippen LogP contribution in [0.4, 0.5) is 0 Å². The first-order valence-corrected chi connectivity index (χ1v) is 18.9. The van der Waals surface area contributed by atoms with Gasteiger partial charge in [-0.15, -0.1) is 0 Å². The zero-order valence-corrected chi connectivity index (χ0v) is 30.9. The van der Waals surface area contributed by atoms with Crippen LogP contribution < -0.4 is 5.32 Å². The smallest absolute Gasteiger partial charge is 0.220 e. The first kappa shape index (κ1) is 46.9. The minimum absolute atomic E-state index is 0.237. The molecule has 3 saturated heterocycles. The highest BCUT2D eigenvalue weighted by Gasteiger charge is 2.53. The number of carbonyl (C=O) groups excluding carboxylic acids is 1. The maximum atomic E-state index is 12.8. The Kier molecular flexibility index (Phi) is 20.6. The lowest BCUT2D eigenvalue weighted by atomic mass is 9.96. The molecular weight excluding hydrogens is 722 g/mol. The lowest BCUT2D eigenvalue weighted by Gasteiger charge is -2.48. The second-order valence-electron chi connectivity index (χ2n) is 14.0. The van der Waals surface area contributed by atoms with E-state index in [1.165, 1.54) is 0 Å². The number of hydrogen-bond donors (Lipinski definition) is 12. The van der Waals surface area contributed by atoms with Crippen LogP contribution in [0.25, 0.3) is 0 Å². The van der Waals surface area contributed by atoms with Crippen molar-refractivity contribution >= 4 is 5.91 Å². The van der Waals surface area contributed by atoms with Gasteiger partial charge in [0.25, 0.3) is 0 Å². The molecule has 12 N–H and O–H groups in total. The first-order valence-electron chi connectivity index (χ1n) is 18.9. The third-order valence-electron chi connectivity index (χ3n) is 9.84. The molecule has 19 heteroatoms. The van der Waals surface area contributed by atoms with Gasteiger partial charge in [0.2, 0.25) is 5.91 Å². The molecule has 1 amide bonds. The van der Waals surface area contributed by atoms with Crippen molar-refractivity contribution in [2.24, 2.45) is 0 Å². The van der Waals surface area contributed by atoms with Gasteiger partial charge in [0.05, 0.1) is 38.6 Å². The molecule has 3 fully saturated rings. The third-order valence-corrected chi connectivity index (χ3v) is 9.84. The molecule has 3 rings (SSSR count). The molecule has 54 heavy (non-hydrogen) atoms. The van der Waals surface area contributed by atoms with Crippen LogP contribution in [0.1, 0.15) is 71.6 Å². The van der Waals surface area contributed by atoms with E-state index >= 15 is 0 Å². The van der Waals surface area contributed by atoms with Crippen molar-refractivity contribution in [1.82, 2.24) is 5.32 Å². The average Bonchev–Trinajstić information content (AvgIpc) is 3.16. The summed E-state index contributed by atoms with van der Waals surface area (Å²) in [6, 6.07) is -0.957. The van der Waals surface area contributed by atoms with Crippen LogP contribution in [0, 0.1) is 0 Å². The zero-order valence-electron chi connectivity index (χ0n) is 30.9. The average molecular weight is 786 g/mol. The van der Waals surface area contributed by atoms with Gasteiger partial charge in [0.15, 0.2) is 18.9 Å². The Labute approximate surface area is 315 Å². The summed E-state index contributed by atoms with van der Waals surface area (Å²) in [5, 5.41) is 118. The van der Waals surface area contributed by atoms with Crippen molar-refractivity contribution < 1.29 is 89.4 Å². The quantitative estimate of drug-likeness (QED) is 0.0373. The van der Waals surface area contributed by atoms with Crippen LogP contribution in [-0.4, -0.2) is 193 Å². The molecule has 0 aromatic carbocycles. The van der Waals surface area contributed by atoms with Crippen LogP contribution in [0.15, 0.2) is 12.2 Å². The molecule has 3 aliphatic rings. The van der Waals surface area contributed by atoms with Crippen molar-refractivity contribution in [1.29, 1.82) is 0 Å². The van der Waals surface area contributed by atoms with Gasteiger partial charge in [-0.1, -0.05) is 64.5 Å². The highest BCUT2D eigenvalue weighted by Crippen LogP contribution is 2.32. The molecular formula is C35H63NO18. The number of amides is 1. The fraction of sp³-hybridized carbons (Fsp3) is 0.914. The molecule has 19 nitrogen and oxygen atoms in total. The number of ether oxygens (including phenoxy) is 6. The highest BCUT2D eigenvalue weighted by atomic mass is 16.8. The van der Waals surface area contributed by atoms with Crippen molar-refractivity contribution in [3.63, 3.8) is 0 Å². The Morgan fingerprint density at radius 2 is 1.15 bits per heavy atom. The molecule has 316 valence electrons. The van der Waals surface area contributed by atoms with E-state index in [1.807, 2.05) is 6.92 Å². The molecule has 0 bridgehead atoms. The molecule has 0 aromatic heterocycles. The number of hydrogen-bond acceptors (Lipinski definition) is 18. The van der Waals surface area contributed by atoms with Gasteiger partial charge in [0.1, 0.15) is 73.2 Å². The number of nitrogens with one attached hydrogen (secondary N) is 1. The summed E-state index contributed by atoms with van der Waals surface area (Å²) in [5.41, 5.74) is 0. The molecule has 0 aromatic rings. The van der Waals surface area contributed by atoms with Crippen LogP contribution in [0.2, 0.25) is 0 Å². The Morgan fingerprint density at radius 3 is 1.70 bits per heavy atom. The number of aliphatic hydroxyl groups is 11. The van der Waals surface area contributed by atoms with Gasteiger partial charge in [-0.25, -0.2) is 0 Å². The van der Waals surface area contributed by atoms with E-state index in [-0.39, 0.29) is 18.9 Å². The Bertz CT molecular complexity index is 1080. The summed E-state index contributed by atoms with van der Waals surface area (Å²) in [5.74, 6) is -0.303. The molecule has 0 aliphatic carbocycles. The topological polar surface area (TPSA) is 307 Å². The van der Waals surface area contributed by atoms with Crippen LogP contribution >= 0.6 is 0 Å². The summed E-state index contributed by atoms with van der Waals surface area (Å²) in [4.78, 5) is 12.8. The third kappa shape index (κ3) is 12.8. The van der Waals surface area contributed by atoms with Gasteiger partial charge in [-0.05, 0) is 12.8 Å². The maximum absolute atomic E-state index is 12.8. The van der Waals surface area contributed by atoms with E-state index in [2.05, 4.69) is 12.2 Å². The zero-order chi connectivity index (χ0) is 39.9. The van der Waals surface area contributed by atoms with Gasteiger partial charge in [-0.2, -0.15) is 0 Å². The highest BCUT2D eigenvalue weighted by molar-refractivity contribution is 5.76. The number of carbonyl (C=O) groups is 1.